The lowest BCUT2D eigenvalue weighted by Gasteiger charge is -2.25. The molecule has 1 unspecified atom stereocenters. The van der Waals surface area contributed by atoms with Crippen molar-refractivity contribution in [1.29, 1.82) is 0 Å². The molecule has 1 amide bonds. The molecule has 1 N–H and O–H groups in total. The van der Waals surface area contributed by atoms with Crippen LogP contribution in [0.4, 0.5) is 0 Å². The molecule has 2 aliphatic rings. The Hall–Kier alpha value is -2.15. The molecular formula is C20H22ClN3O3. The third kappa shape index (κ3) is 4.08. The minimum absolute atomic E-state index is 0.0463. The summed E-state index contributed by atoms with van der Waals surface area (Å²) >= 11 is 5.98. The molecule has 0 bridgehead atoms. The van der Waals surface area contributed by atoms with E-state index in [-0.39, 0.29) is 25.1 Å². The summed E-state index contributed by atoms with van der Waals surface area (Å²) in [6.45, 7) is 0.800. The van der Waals surface area contributed by atoms with E-state index in [1.165, 1.54) is 5.01 Å². The van der Waals surface area contributed by atoms with Crippen molar-refractivity contribution in [1.82, 2.24) is 9.91 Å². The number of halogens is 1. The van der Waals surface area contributed by atoms with Crippen LogP contribution in [-0.2, 0) is 4.79 Å². The number of rotatable bonds is 7. The molecule has 1 saturated carbocycles. The molecule has 1 aliphatic heterocycles. The van der Waals surface area contributed by atoms with Gasteiger partial charge in [-0.1, -0.05) is 23.7 Å². The summed E-state index contributed by atoms with van der Waals surface area (Å²) in [6, 6.07) is 11.3. The van der Waals surface area contributed by atoms with Crippen molar-refractivity contribution in [3.63, 3.8) is 0 Å². The molecule has 1 aliphatic carbocycles. The Balaban J connectivity index is 1.57. The zero-order valence-corrected chi connectivity index (χ0v) is 15.7. The third-order valence-corrected chi connectivity index (χ3v) is 5.26. The molecule has 142 valence electrons. The zero-order valence-electron chi connectivity index (χ0n) is 14.9. The number of furan rings is 1. The number of amides is 1. The van der Waals surface area contributed by atoms with Gasteiger partial charge in [-0.05, 0) is 42.7 Å². The van der Waals surface area contributed by atoms with E-state index in [0.717, 1.165) is 29.9 Å². The van der Waals surface area contributed by atoms with Gasteiger partial charge in [-0.3, -0.25) is 9.69 Å². The summed E-state index contributed by atoms with van der Waals surface area (Å²) in [5.74, 6) is 0.636. The Labute approximate surface area is 163 Å². The van der Waals surface area contributed by atoms with E-state index in [0.29, 0.717) is 24.0 Å². The Bertz CT molecular complexity index is 816. The SMILES string of the molecule is O=C(CN(CCO)C1CC1)N1N=C(c2ccc(Cl)cc2)CC1c1ccco1. The lowest BCUT2D eigenvalue weighted by atomic mass is 10.0. The molecule has 4 rings (SSSR count). The lowest BCUT2D eigenvalue weighted by molar-refractivity contribution is -0.134. The van der Waals surface area contributed by atoms with Gasteiger partial charge in [0.2, 0.25) is 0 Å². The van der Waals surface area contributed by atoms with E-state index < -0.39 is 0 Å². The number of aliphatic hydroxyl groups is 1. The fraction of sp³-hybridized carbons (Fsp3) is 0.400. The van der Waals surface area contributed by atoms with Crippen molar-refractivity contribution in [3.8, 4) is 0 Å². The summed E-state index contributed by atoms with van der Waals surface area (Å²) in [6.07, 6.45) is 4.35. The van der Waals surface area contributed by atoms with Crippen molar-refractivity contribution in [2.24, 2.45) is 5.10 Å². The number of benzene rings is 1. The smallest absolute Gasteiger partial charge is 0.257 e. The third-order valence-electron chi connectivity index (χ3n) is 5.00. The van der Waals surface area contributed by atoms with E-state index in [1.807, 2.05) is 41.3 Å². The largest absolute Gasteiger partial charge is 0.467 e. The maximum Gasteiger partial charge on any atom is 0.257 e. The standard InChI is InChI=1S/C20H22ClN3O3/c21-15-5-3-14(4-6-15)17-12-18(19-2-1-11-27-19)24(22-17)20(26)13-23(9-10-25)16-7-8-16/h1-6,11,16,18,25H,7-10,12-13H2. The van der Waals surface area contributed by atoms with Crippen molar-refractivity contribution in [3.05, 3.63) is 59.0 Å². The van der Waals surface area contributed by atoms with Crippen LogP contribution in [0.3, 0.4) is 0 Å². The van der Waals surface area contributed by atoms with Gasteiger partial charge in [0.1, 0.15) is 11.8 Å². The van der Waals surface area contributed by atoms with Crippen LogP contribution in [0, 0.1) is 0 Å². The predicted octanol–water partition coefficient (Wildman–Crippen LogP) is 3.07. The van der Waals surface area contributed by atoms with E-state index >= 15 is 0 Å². The maximum atomic E-state index is 13.0. The number of nitrogens with zero attached hydrogens (tertiary/aromatic N) is 3. The maximum absolute atomic E-state index is 13.0. The summed E-state index contributed by atoms with van der Waals surface area (Å²) in [4.78, 5) is 15.1. The molecule has 2 aromatic rings. The number of hydrazone groups is 1. The highest BCUT2D eigenvalue weighted by atomic mass is 35.5. The monoisotopic (exact) mass is 387 g/mol. The van der Waals surface area contributed by atoms with Crippen LogP contribution in [0.15, 0.2) is 52.2 Å². The van der Waals surface area contributed by atoms with E-state index in [9.17, 15) is 9.90 Å². The molecule has 0 spiro atoms. The van der Waals surface area contributed by atoms with E-state index in [1.54, 1.807) is 6.26 Å². The van der Waals surface area contributed by atoms with E-state index in [4.69, 9.17) is 16.0 Å². The van der Waals surface area contributed by atoms with Gasteiger partial charge in [-0.2, -0.15) is 5.10 Å². The minimum Gasteiger partial charge on any atom is -0.467 e. The molecule has 27 heavy (non-hydrogen) atoms. The number of carbonyl (C=O) groups excluding carboxylic acids is 1. The molecule has 0 radical (unpaired) electrons. The Morgan fingerprint density at radius 1 is 1.30 bits per heavy atom. The number of hydrogen-bond acceptors (Lipinski definition) is 5. The van der Waals surface area contributed by atoms with Crippen LogP contribution >= 0.6 is 11.6 Å². The van der Waals surface area contributed by atoms with Crippen molar-refractivity contribution in [2.45, 2.75) is 31.3 Å². The molecule has 1 fully saturated rings. The zero-order chi connectivity index (χ0) is 18.8. The second kappa shape index (κ2) is 7.84. The minimum atomic E-state index is -0.256. The average Bonchev–Trinajstić information content (AvgIpc) is 3.18. The molecular weight excluding hydrogens is 366 g/mol. The van der Waals surface area contributed by atoms with Crippen molar-refractivity contribution < 1.29 is 14.3 Å². The quantitative estimate of drug-likeness (QED) is 0.792. The van der Waals surface area contributed by atoms with Crippen LogP contribution < -0.4 is 0 Å². The molecule has 7 heteroatoms. The first-order valence-electron chi connectivity index (χ1n) is 9.19. The van der Waals surface area contributed by atoms with Gasteiger partial charge in [-0.25, -0.2) is 5.01 Å². The van der Waals surface area contributed by atoms with Crippen LogP contribution in [0.25, 0.3) is 0 Å². The number of aliphatic hydroxyl groups excluding tert-OH is 1. The fourth-order valence-electron chi connectivity index (χ4n) is 3.46. The highest BCUT2D eigenvalue weighted by molar-refractivity contribution is 6.30. The van der Waals surface area contributed by atoms with Gasteiger partial charge in [0.05, 0.1) is 25.1 Å². The summed E-state index contributed by atoms with van der Waals surface area (Å²) < 4.78 is 5.57. The predicted molar refractivity (Wildman–Crippen MR) is 103 cm³/mol. The second-order valence-corrected chi connectivity index (χ2v) is 7.39. The fourth-order valence-corrected chi connectivity index (χ4v) is 3.59. The van der Waals surface area contributed by atoms with Gasteiger partial charge in [0.15, 0.2) is 0 Å². The highest BCUT2D eigenvalue weighted by Crippen LogP contribution is 2.34. The lowest BCUT2D eigenvalue weighted by Crippen LogP contribution is -2.40. The number of hydrogen-bond donors (Lipinski definition) is 1. The van der Waals surface area contributed by atoms with Gasteiger partial charge in [-0.15, -0.1) is 0 Å². The van der Waals surface area contributed by atoms with Crippen LogP contribution in [0.5, 0.6) is 0 Å². The average molecular weight is 388 g/mol. The molecule has 1 atom stereocenters. The first-order chi connectivity index (χ1) is 13.2. The summed E-state index contributed by atoms with van der Waals surface area (Å²) in [5, 5.41) is 16.1. The van der Waals surface area contributed by atoms with Crippen molar-refractivity contribution >= 4 is 23.2 Å². The van der Waals surface area contributed by atoms with Gasteiger partial charge < -0.3 is 9.52 Å². The molecule has 0 saturated heterocycles. The Morgan fingerprint density at radius 2 is 2.07 bits per heavy atom. The number of carbonyl (C=O) groups is 1. The first-order valence-corrected chi connectivity index (χ1v) is 9.57. The molecule has 2 heterocycles. The van der Waals surface area contributed by atoms with Crippen LogP contribution in [0.2, 0.25) is 5.02 Å². The molecule has 6 nitrogen and oxygen atoms in total. The van der Waals surface area contributed by atoms with Gasteiger partial charge in [0.25, 0.3) is 5.91 Å². The normalized spacial score (nSPS) is 19.6. The van der Waals surface area contributed by atoms with Crippen LogP contribution in [-0.4, -0.2) is 52.4 Å². The van der Waals surface area contributed by atoms with Crippen molar-refractivity contribution in [2.75, 3.05) is 19.7 Å². The highest BCUT2D eigenvalue weighted by Gasteiger charge is 2.37. The molecule has 1 aromatic carbocycles. The van der Waals surface area contributed by atoms with Gasteiger partial charge in [0, 0.05) is 24.0 Å². The Kier molecular flexibility index (Phi) is 5.29. The first kappa shape index (κ1) is 18.2. The summed E-state index contributed by atoms with van der Waals surface area (Å²) in [7, 11) is 0. The van der Waals surface area contributed by atoms with E-state index in [2.05, 4.69) is 5.10 Å². The molecule has 1 aromatic heterocycles. The Morgan fingerprint density at radius 3 is 2.70 bits per heavy atom. The second-order valence-electron chi connectivity index (χ2n) is 6.95. The van der Waals surface area contributed by atoms with Gasteiger partial charge >= 0.3 is 0 Å². The van der Waals surface area contributed by atoms with Crippen LogP contribution in [0.1, 0.15) is 36.6 Å². The topological polar surface area (TPSA) is 69.3 Å². The summed E-state index contributed by atoms with van der Waals surface area (Å²) in [5.41, 5.74) is 1.78.